The fourth-order valence-electron chi connectivity index (χ4n) is 2.88. The first-order valence-electron chi connectivity index (χ1n) is 9.03. The molecule has 3 rings (SSSR count). The van der Waals surface area contributed by atoms with E-state index in [1.54, 1.807) is 24.3 Å². The normalized spacial score (nSPS) is 13.9. The summed E-state index contributed by atoms with van der Waals surface area (Å²) in [6.45, 7) is 3.52. The van der Waals surface area contributed by atoms with E-state index in [9.17, 15) is 14.4 Å². The summed E-state index contributed by atoms with van der Waals surface area (Å²) in [6.07, 6.45) is -0.969. The van der Waals surface area contributed by atoms with Crippen LogP contribution in [0.4, 0.5) is 11.4 Å². The second-order valence-electron chi connectivity index (χ2n) is 6.54. The number of hydrogen-bond acceptors (Lipinski definition) is 5. The highest BCUT2D eigenvalue weighted by atomic mass is 16.5. The van der Waals surface area contributed by atoms with Gasteiger partial charge in [-0.3, -0.25) is 14.4 Å². The van der Waals surface area contributed by atoms with Crippen molar-refractivity contribution in [3.8, 4) is 5.75 Å². The van der Waals surface area contributed by atoms with Crippen molar-refractivity contribution >= 4 is 29.2 Å². The molecule has 2 amide bonds. The predicted octanol–water partition coefficient (Wildman–Crippen LogP) is 2.68. The summed E-state index contributed by atoms with van der Waals surface area (Å²) in [7, 11) is 0. The van der Waals surface area contributed by atoms with E-state index in [-0.39, 0.29) is 25.5 Å². The Bertz CT molecular complexity index is 896. The van der Waals surface area contributed by atoms with Crippen molar-refractivity contribution < 1.29 is 23.9 Å². The molecule has 0 saturated heterocycles. The third-order valence-corrected chi connectivity index (χ3v) is 4.31. The molecule has 1 N–H and O–H groups in total. The van der Waals surface area contributed by atoms with Crippen molar-refractivity contribution in [3.05, 3.63) is 54.1 Å². The predicted molar refractivity (Wildman–Crippen MR) is 104 cm³/mol. The number of amides is 2. The molecule has 7 heteroatoms. The minimum absolute atomic E-state index is 0.0257. The van der Waals surface area contributed by atoms with Crippen LogP contribution in [-0.4, -0.2) is 37.0 Å². The molecule has 1 aliphatic rings. The zero-order valence-electron chi connectivity index (χ0n) is 15.8. The van der Waals surface area contributed by atoms with Crippen LogP contribution in [0.1, 0.15) is 18.9 Å². The Kier molecular flexibility index (Phi) is 5.93. The molecule has 1 atom stereocenters. The molecule has 0 aliphatic carbocycles. The van der Waals surface area contributed by atoms with Crippen molar-refractivity contribution in [2.24, 2.45) is 0 Å². The smallest absolute Gasteiger partial charge is 0.308 e. The lowest BCUT2D eigenvalue weighted by Gasteiger charge is -2.29. The summed E-state index contributed by atoms with van der Waals surface area (Å²) in [5, 5.41) is 2.72. The number of para-hydroxylation sites is 2. The highest BCUT2D eigenvalue weighted by Crippen LogP contribution is 2.31. The Balaban J connectivity index is 1.53. The molecule has 146 valence electrons. The average molecular weight is 382 g/mol. The fourth-order valence-corrected chi connectivity index (χ4v) is 2.88. The van der Waals surface area contributed by atoms with Crippen LogP contribution < -0.4 is 15.0 Å². The van der Waals surface area contributed by atoms with Gasteiger partial charge in [0.25, 0.3) is 11.8 Å². The molecular weight excluding hydrogens is 360 g/mol. The highest BCUT2D eigenvalue weighted by Gasteiger charge is 2.26. The zero-order valence-corrected chi connectivity index (χ0v) is 15.8. The van der Waals surface area contributed by atoms with E-state index in [2.05, 4.69) is 5.32 Å². The van der Waals surface area contributed by atoms with Gasteiger partial charge >= 0.3 is 5.97 Å². The number of ether oxygens (including phenoxy) is 2. The second-order valence-corrected chi connectivity index (χ2v) is 6.54. The van der Waals surface area contributed by atoms with Crippen molar-refractivity contribution in [2.45, 2.75) is 26.4 Å². The molecule has 1 aliphatic heterocycles. The van der Waals surface area contributed by atoms with Crippen molar-refractivity contribution in [3.63, 3.8) is 0 Å². The standard InChI is InChI=1S/C21H22N2O5/c1-14-6-5-7-16(12-14)22-21(26)15(2)28-20(25)10-11-23-17-8-3-4-9-18(17)27-13-19(23)24/h3-9,12,15H,10-11,13H2,1-2H3,(H,22,26)/t15-/m0/s1. The van der Waals surface area contributed by atoms with Crippen molar-refractivity contribution in [2.75, 3.05) is 23.4 Å². The van der Waals surface area contributed by atoms with E-state index < -0.39 is 18.0 Å². The maximum absolute atomic E-state index is 12.2. The zero-order chi connectivity index (χ0) is 20.1. The first-order chi connectivity index (χ1) is 13.4. The number of fused-ring (bicyclic) bond motifs is 1. The van der Waals surface area contributed by atoms with E-state index in [1.165, 1.54) is 11.8 Å². The van der Waals surface area contributed by atoms with Crippen LogP contribution in [0.5, 0.6) is 5.75 Å². The van der Waals surface area contributed by atoms with Crippen LogP contribution in [0.2, 0.25) is 0 Å². The van der Waals surface area contributed by atoms with E-state index in [4.69, 9.17) is 9.47 Å². The van der Waals surface area contributed by atoms with Gasteiger partial charge in [0.1, 0.15) is 5.75 Å². The lowest BCUT2D eigenvalue weighted by Crippen LogP contribution is -2.40. The number of nitrogens with one attached hydrogen (secondary N) is 1. The monoisotopic (exact) mass is 382 g/mol. The Morgan fingerprint density at radius 2 is 2.00 bits per heavy atom. The molecule has 0 bridgehead atoms. The first kappa shape index (κ1) is 19.4. The largest absolute Gasteiger partial charge is 0.482 e. The van der Waals surface area contributed by atoms with Gasteiger partial charge in [0.05, 0.1) is 12.1 Å². The number of rotatable bonds is 6. The summed E-state index contributed by atoms with van der Waals surface area (Å²) in [5.41, 5.74) is 2.28. The Labute approximate surface area is 163 Å². The molecule has 0 saturated carbocycles. The van der Waals surface area contributed by atoms with Gasteiger partial charge in [0.15, 0.2) is 12.7 Å². The van der Waals surface area contributed by atoms with Gasteiger partial charge in [-0.2, -0.15) is 0 Å². The number of anilines is 2. The molecule has 0 radical (unpaired) electrons. The van der Waals surface area contributed by atoms with Gasteiger partial charge in [-0.05, 0) is 43.7 Å². The molecule has 0 aromatic heterocycles. The topological polar surface area (TPSA) is 84.9 Å². The van der Waals surface area contributed by atoms with Crippen LogP contribution in [0.3, 0.4) is 0 Å². The molecule has 2 aromatic carbocycles. The number of benzene rings is 2. The summed E-state index contributed by atoms with van der Waals surface area (Å²) in [6, 6.07) is 14.5. The molecule has 28 heavy (non-hydrogen) atoms. The minimum atomic E-state index is -0.944. The summed E-state index contributed by atoms with van der Waals surface area (Å²) in [4.78, 5) is 38.0. The van der Waals surface area contributed by atoms with Gasteiger partial charge in [-0.1, -0.05) is 24.3 Å². The molecule has 2 aromatic rings. The van der Waals surface area contributed by atoms with Crippen LogP contribution in [0, 0.1) is 6.92 Å². The van der Waals surface area contributed by atoms with Gasteiger partial charge in [0.2, 0.25) is 0 Å². The minimum Gasteiger partial charge on any atom is -0.482 e. The molecular formula is C21H22N2O5. The number of aryl methyl sites for hydroxylation is 1. The van der Waals surface area contributed by atoms with Crippen molar-refractivity contribution in [1.82, 2.24) is 0 Å². The van der Waals surface area contributed by atoms with Crippen LogP contribution in [-0.2, 0) is 19.1 Å². The number of carbonyl (C=O) groups excluding carboxylic acids is 3. The summed E-state index contributed by atoms with van der Waals surface area (Å²) in [5.74, 6) is -0.589. The van der Waals surface area contributed by atoms with E-state index in [0.717, 1.165) is 5.56 Å². The summed E-state index contributed by atoms with van der Waals surface area (Å²) < 4.78 is 10.6. The van der Waals surface area contributed by atoms with Gasteiger partial charge in [-0.25, -0.2) is 0 Å². The SMILES string of the molecule is Cc1cccc(NC(=O)[C@H](C)OC(=O)CCN2C(=O)COc3ccccc32)c1. The average Bonchev–Trinajstić information content (AvgIpc) is 2.67. The number of nitrogens with zero attached hydrogens (tertiary/aromatic N) is 1. The molecule has 0 unspecified atom stereocenters. The number of carbonyl (C=O) groups is 3. The van der Waals surface area contributed by atoms with E-state index in [1.807, 2.05) is 31.2 Å². The lowest BCUT2D eigenvalue weighted by atomic mass is 10.2. The quantitative estimate of drug-likeness (QED) is 0.777. The highest BCUT2D eigenvalue weighted by molar-refractivity contribution is 5.98. The van der Waals surface area contributed by atoms with Crippen LogP contribution in [0.25, 0.3) is 0 Å². The van der Waals surface area contributed by atoms with E-state index in [0.29, 0.717) is 17.1 Å². The van der Waals surface area contributed by atoms with Crippen LogP contribution in [0.15, 0.2) is 48.5 Å². The number of esters is 1. The maximum Gasteiger partial charge on any atom is 0.308 e. The van der Waals surface area contributed by atoms with Crippen LogP contribution >= 0.6 is 0 Å². The van der Waals surface area contributed by atoms with Crippen molar-refractivity contribution in [1.29, 1.82) is 0 Å². The Morgan fingerprint density at radius 3 is 2.79 bits per heavy atom. The molecule has 7 nitrogen and oxygen atoms in total. The fraction of sp³-hybridized carbons (Fsp3) is 0.286. The molecule has 0 spiro atoms. The maximum atomic E-state index is 12.2. The number of hydrogen-bond donors (Lipinski definition) is 1. The van der Waals surface area contributed by atoms with E-state index >= 15 is 0 Å². The van der Waals surface area contributed by atoms with Gasteiger partial charge < -0.3 is 19.7 Å². The lowest BCUT2D eigenvalue weighted by molar-refractivity contribution is -0.153. The molecule has 1 heterocycles. The third-order valence-electron chi connectivity index (χ3n) is 4.31. The summed E-state index contributed by atoms with van der Waals surface area (Å²) >= 11 is 0. The Morgan fingerprint density at radius 1 is 1.21 bits per heavy atom. The Hall–Kier alpha value is -3.35. The molecule has 0 fully saturated rings. The first-order valence-corrected chi connectivity index (χ1v) is 9.03. The van der Waals surface area contributed by atoms with Gasteiger partial charge in [0, 0.05) is 12.2 Å². The second kappa shape index (κ2) is 8.56. The van der Waals surface area contributed by atoms with Gasteiger partial charge in [-0.15, -0.1) is 0 Å². The third kappa shape index (κ3) is 4.68.